The molecule has 0 saturated heterocycles. The van der Waals surface area contributed by atoms with Gasteiger partial charge < -0.3 is 11.1 Å². The van der Waals surface area contributed by atoms with E-state index < -0.39 is 5.82 Å². The lowest BCUT2D eigenvalue weighted by atomic mass is 10.1. The van der Waals surface area contributed by atoms with E-state index in [2.05, 4.69) is 10.3 Å². The summed E-state index contributed by atoms with van der Waals surface area (Å²) in [5.74, 6) is -0.954. The molecule has 1 heterocycles. The molecular formula is C12H12FN3OS. The van der Waals surface area contributed by atoms with Gasteiger partial charge in [-0.15, -0.1) is 11.3 Å². The maximum Gasteiger partial charge on any atom is 0.253 e. The zero-order valence-electron chi connectivity index (χ0n) is 9.52. The molecule has 94 valence electrons. The van der Waals surface area contributed by atoms with Crippen molar-refractivity contribution in [2.45, 2.75) is 6.42 Å². The number of aromatic nitrogens is 1. The molecule has 1 amide bonds. The Labute approximate surface area is 108 Å². The van der Waals surface area contributed by atoms with E-state index in [0.717, 1.165) is 5.69 Å². The molecule has 0 aliphatic heterocycles. The lowest BCUT2D eigenvalue weighted by molar-refractivity contribution is 0.0954. The number of amides is 1. The highest BCUT2D eigenvalue weighted by Gasteiger charge is 2.11. The Kier molecular flexibility index (Phi) is 3.88. The molecule has 0 unspecified atom stereocenters. The fourth-order valence-corrected chi connectivity index (χ4v) is 2.09. The highest BCUT2D eigenvalue weighted by Crippen LogP contribution is 2.15. The van der Waals surface area contributed by atoms with Crippen molar-refractivity contribution in [3.05, 3.63) is 46.2 Å². The molecule has 0 spiro atoms. The SMILES string of the molecule is Nc1c(F)cccc1C(=O)NCCc1cscn1. The molecule has 3 N–H and O–H groups in total. The Morgan fingerprint density at radius 1 is 1.50 bits per heavy atom. The van der Waals surface area contributed by atoms with Gasteiger partial charge in [0.25, 0.3) is 5.91 Å². The van der Waals surface area contributed by atoms with Gasteiger partial charge >= 0.3 is 0 Å². The van der Waals surface area contributed by atoms with E-state index in [1.54, 1.807) is 5.51 Å². The molecule has 0 fully saturated rings. The number of nitrogens with zero attached hydrogens (tertiary/aromatic N) is 1. The minimum Gasteiger partial charge on any atom is -0.396 e. The Hall–Kier alpha value is -1.95. The first-order chi connectivity index (χ1) is 8.68. The molecule has 0 saturated carbocycles. The van der Waals surface area contributed by atoms with Crippen molar-refractivity contribution in [1.29, 1.82) is 0 Å². The van der Waals surface area contributed by atoms with Crippen molar-refractivity contribution in [3.8, 4) is 0 Å². The number of hydrogen-bond donors (Lipinski definition) is 2. The topological polar surface area (TPSA) is 68.0 Å². The predicted molar refractivity (Wildman–Crippen MR) is 69.0 cm³/mol. The second kappa shape index (κ2) is 5.59. The van der Waals surface area contributed by atoms with Crippen LogP contribution in [0, 0.1) is 5.82 Å². The largest absolute Gasteiger partial charge is 0.396 e. The summed E-state index contributed by atoms with van der Waals surface area (Å²) in [5.41, 5.74) is 8.20. The first-order valence-corrected chi connectivity index (χ1v) is 6.32. The first-order valence-electron chi connectivity index (χ1n) is 5.37. The van der Waals surface area contributed by atoms with Crippen LogP contribution in [-0.2, 0) is 6.42 Å². The van der Waals surface area contributed by atoms with Gasteiger partial charge in [-0.05, 0) is 12.1 Å². The summed E-state index contributed by atoms with van der Waals surface area (Å²) in [4.78, 5) is 15.9. The third-order valence-electron chi connectivity index (χ3n) is 2.45. The second-order valence-electron chi connectivity index (χ2n) is 3.69. The zero-order chi connectivity index (χ0) is 13.0. The number of hydrogen-bond acceptors (Lipinski definition) is 4. The van der Waals surface area contributed by atoms with Crippen molar-refractivity contribution in [2.24, 2.45) is 0 Å². The zero-order valence-corrected chi connectivity index (χ0v) is 10.3. The number of halogens is 1. The second-order valence-corrected chi connectivity index (χ2v) is 4.41. The number of thiazole rings is 1. The van der Waals surface area contributed by atoms with E-state index >= 15 is 0 Å². The summed E-state index contributed by atoms with van der Waals surface area (Å²) in [5, 5.41) is 4.60. The Balaban J connectivity index is 1.93. The molecule has 4 nitrogen and oxygen atoms in total. The molecule has 1 aromatic heterocycles. The van der Waals surface area contributed by atoms with Gasteiger partial charge in [-0.3, -0.25) is 4.79 Å². The average Bonchev–Trinajstić information content (AvgIpc) is 2.85. The molecule has 6 heteroatoms. The summed E-state index contributed by atoms with van der Waals surface area (Å²) in [7, 11) is 0. The highest BCUT2D eigenvalue weighted by atomic mass is 32.1. The number of nitrogens with one attached hydrogen (secondary N) is 1. The molecule has 0 radical (unpaired) electrons. The van der Waals surface area contributed by atoms with Crippen LogP contribution in [0.4, 0.5) is 10.1 Å². The number of rotatable bonds is 4. The van der Waals surface area contributed by atoms with Crippen LogP contribution in [0.1, 0.15) is 16.1 Å². The molecule has 0 atom stereocenters. The van der Waals surface area contributed by atoms with Gasteiger partial charge in [0.05, 0.1) is 22.5 Å². The van der Waals surface area contributed by atoms with E-state index in [1.165, 1.54) is 29.5 Å². The van der Waals surface area contributed by atoms with Crippen LogP contribution >= 0.6 is 11.3 Å². The monoisotopic (exact) mass is 265 g/mol. The van der Waals surface area contributed by atoms with E-state index in [-0.39, 0.29) is 17.2 Å². The summed E-state index contributed by atoms with van der Waals surface area (Å²) < 4.78 is 13.2. The normalized spacial score (nSPS) is 10.3. The molecule has 0 aliphatic carbocycles. The number of anilines is 1. The average molecular weight is 265 g/mol. The van der Waals surface area contributed by atoms with Crippen molar-refractivity contribution in [2.75, 3.05) is 12.3 Å². The van der Waals surface area contributed by atoms with Crippen LogP contribution in [0.25, 0.3) is 0 Å². The molecule has 2 aromatic rings. The number of para-hydroxylation sites is 1. The fraction of sp³-hybridized carbons (Fsp3) is 0.167. The molecule has 1 aromatic carbocycles. The lowest BCUT2D eigenvalue weighted by Crippen LogP contribution is -2.26. The molecule has 0 aliphatic rings. The van der Waals surface area contributed by atoms with Crippen LogP contribution < -0.4 is 11.1 Å². The summed E-state index contributed by atoms with van der Waals surface area (Å²) >= 11 is 1.51. The predicted octanol–water partition coefficient (Wildman–Crippen LogP) is 1.84. The highest BCUT2D eigenvalue weighted by molar-refractivity contribution is 7.07. The fourth-order valence-electron chi connectivity index (χ4n) is 1.50. The third kappa shape index (κ3) is 2.84. The third-order valence-corrected chi connectivity index (χ3v) is 3.08. The lowest BCUT2D eigenvalue weighted by Gasteiger charge is -2.07. The number of carbonyl (C=O) groups is 1. The Morgan fingerprint density at radius 2 is 2.33 bits per heavy atom. The van der Waals surface area contributed by atoms with E-state index in [0.29, 0.717) is 13.0 Å². The number of carbonyl (C=O) groups excluding carboxylic acids is 1. The Bertz CT molecular complexity index is 542. The first kappa shape index (κ1) is 12.5. The number of nitrogen functional groups attached to an aromatic ring is 1. The quantitative estimate of drug-likeness (QED) is 0.829. The van der Waals surface area contributed by atoms with E-state index in [4.69, 9.17) is 5.73 Å². The van der Waals surface area contributed by atoms with Crippen molar-refractivity contribution in [1.82, 2.24) is 10.3 Å². The van der Waals surface area contributed by atoms with Gasteiger partial charge in [0.15, 0.2) is 0 Å². The van der Waals surface area contributed by atoms with Crippen molar-refractivity contribution < 1.29 is 9.18 Å². The van der Waals surface area contributed by atoms with Gasteiger partial charge in [0.2, 0.25) is 0 Å². The minimum absolute atomic E-state index is 0.122. The van der Waals surface area contributed by atoms with Crippen LogP contribution in [0.3, 0.4) is 0 Å². The van der Waals surface area contributed by atoms with Gasteiger partial charge in [-0.25, -0.2) is 9.37 Å². The molecular weight excluding hydrogens is 253 g/mol. The van der Waals surface area contributed by atoms with Crippen molar-refractivity contribution >= 4 is 22.9 Å². The van der Waals surface area contributed by atoms with Crippen LogP contribution in [0.2, 0.25) is 0 Å². The van der Waals surface area contributed by atoms with Gasteiger partial charge in [0, 0.05) is 18.3 Å². The summed E-state index contributed by atoms with van der Waals surface area (Å²) in [6.45, 7) is 0.443. The van der Waals surface area contributed by atoms with Crippen LogP contribution in [0.15, 0.2) is 29.1 Å². The standard InChI is InChI=1S/C12H12FN3OS/c13-10-3-1-2-9(11(10)14)12(17)15-5-4-8-6-18-7-16-8/h1-3,6-7H,4-5,14H2,(H,15,17). The van der Waals surface area contributed by atoms with Gasteiger partial charge in [0.1, 0.15) is 5.82 Å². The molecule has 18 heavy (non-hydrogen) atoms. The number of nitrogens with two attached hydrogens (primary N) is 1. The summed E-state index contributed by atoms with van der Waals surface area (Å²) in [6, 6.07) is 4.18. The van der Waals surface area contributed by atoms with Crippen LogP contribution in [-0.4, -0.2) is 17.4 Å². The van der Waals surface area contributed by atoms with Crippen LogP contribution in [0.5, 0.6) is 0 Å². The minimum atomic E-state index is -0.581. The molecule has 2 rings (SSSR count). The maximum atomic E-state index is 13.2. The number of benzene rings is 1. The smallest absolute Gasteiger partial charge is 0.253 e. The molecule has 0 bridgehead atoms. The van der Waals surface area contributed by atoms with E-state index in [1.807, 2.05) is 5.38 Å². The van der Waals surface area contributed by atoms with Crippen molar-refractivity contribution in [3.63, 3.8) is 0 Å². The van der Waals surface area contributed by atoms with E-state index in [9.17, 15) is 9.18 Å². The van der Waals surface area contributed by atoms with Gasteiger partial charge in [-0.2, -0.15) is 0 Å². The van der Waals surface area contributed by atoms with Gasteiger partial charge in [-0.1, -0.05) is 6.07 Å². The maximum absolute atomic E-state index is 13.2. The summed E-state index contributed by atoms with van der Waals surface area (Å²) in [6.07, 6.45) is 0.643. The Morgan fingerprint density at radius 3 is 3.06 bits per heavy atom.